The van der Waals surface area contributed by atoms with Gasteiger partial charge < -0.3 is 5.11 Å². The van der Waals surface area contributed by atoms with Crippen LogP contribution in [0.3, 0.4) is 0 Å². The number of benzene rings is 1. The lowest BCUT2D eigenvalue weighted by Crippen LogP contribution is -2.31. The van der Waals surface area contributed by atoms with Crippen molar-refractivity contribution in [2.75, 3.05) is 4.90 Å². The molecule has 1 unspecified atom stereocenters. The van der Waals surface area contributed by atoms with E-state index in [0.29, 0.717) is 16.1 Å². The first-order valence-electron chi connectivity index (χ1n) is 8.39. The molecular formula is C21H16N2O3S. The zero-order valence-electron chi connectivity index (χ0n) is 14.5. The number of nitrogens with zero attached hydrogens (tertiary/aromatic N) is 2. The predicted octanol–water partition coefficient (Wildman–Crippen LogP) is 4.23. The van der Waals surface area contributed by atoms with Crippen LogP contribution in [0.25, 0.3) is 0 Å². The van der Waals surface area contributed by atoms with Crippen LogP contribution in [-0.2, 0) is 4.79 Å². The minimum Gasteiger partial charge on any atom is -0.503 e. The zero-order valence-corrected chi connectivity index (χ0v) is 15.3. The third kappa shape index (κ3) is 2.94. The number of thiophene rings is 1. The molecular weight excluding hydrogens is 360 g/mol. The van der Waals surface area contributed by atoms with Crippen LogP contribution in [0, 0.1) is 6.92 Å². The van der Waals surface area contributed by atoms with Gasteiger partial charge in [-0.25, -0.2) is 0 Å². The van der Waals surface area contributed by atoms with Gasteiger partial charge in [0.1, 0.15) is 0 Å². The van der Waals surface area contributed by atoms with Gasteiger partial charge >= 0.3 is 0 Å². The van der Waals surface area contributed by atoms with Gasteiger partial charge in [-0.3, -0.25) is 19.5 Å². The van der Waals surface area contributed by atoms with E-state index >= 15 is 0 Å². The largest absolute Gasteiger partial charge is 0.503 e. The average molecular weight is 376 g/mol. The number of aliphatic hydroxyl groups is 1. The number of aliphatic hydroxyl groups excluding tert-OH is 1. The monoisotopic (exact) mass is 376 g/mol. The van der Waals surface area contributed by atoms with Gasteiger partial charge in [0.05, 0.1) is 16.5 Å². The summed E-state index contributed by atoms with van der Waals surface area (Å²) in [6.45, 7) is 1.96. The van der Waals surface area contributed by atoms with Crippen LogP contribution < -0.4 is 4.90 Å². The molecule has 6 heteroatoms. The molecule has 3 heterocycles. The molecule has 3 aromatic rings. The molecule has 4 rings (SSSR count). The van der Waals surface area contributed by atoms with E-state index in [9.17, 15) is 14.7 Å². The highest BCUT2D eigenvalue weighted by Gasteiger charge is 2.44. The number of aromatic nitrogens is 1. The lowest BCUT2D eigenvalue weighted by atomic mass is 9.96. The van der Waals surface area contributed by atoms with E-state index in [2.05, 4.69) is 4.98 Å². The smallest absolute Gasteiger partial charge is 0.294 e. The molecule has 0 saturated heterocycles. The fraction of sp³-hybridized carbons (Fsp3) is 0.0952. The first-order chi connectivity index (χ1) is 13.1. The second-order valence-corrected chi connectivity index (χ2v) is 7.21. The van der Waals surface area contributed by atoms with E-state index < -0.39 is 17.7 Å². The van der Waals surface area contributed by atoms with Crippen molar-refractivity contribution in [1.82, 2.24) is 4.98 Å². The number of pyridine rings is 1. The van der Waals surface area contributed by atoms with Crippen LogP contribution in [0.2, 0.25) is 0 Å². The molecule has 27 heavy (non-hydrogen) atoms. The highest BCUT2D eigenvalue weighted by atomic mass is 32.1. The van der Waals surface area contributed by atoms with E-state index in [1.54, 1.807) is 42.0 Å². The Bertz CT molecular complexity index is 1030. The highest BCUT2D eigenvalue weighted by molar-refractivity contribution is 7.12. The van der Waals surface area contributed by atoms with Gasteiger partial charge in [0.2, 0.25) is 5.78 Å². The maximum absolute atomic E-state index is 13.1. The Kier molecular flexibility index (Phi) is 4.33. The Morgan fingerprint density at radius 2 is 1.81 bits per heavy atom. The summed E-state index contributed by atoms with van der Waals surface area (Å²) in [5.41, 5.74) is 2.47. The third-order valence-electron chi connectivity index (χ3n) is 4.53. The van der Waals surface area contributed by atoms with Gasteiger partial charge in [-0.2, -0.15) is 0 Å². The molecule has 5 nitrogen and oxygen atoms in total. The third-order valence-corrected chi connectivity index (χ3v) is 5.40. The quantitative estimate of drug-likeness (QED) is 0.692. The first-order valence-corrected chi connectivity index (χ1v) is 9.27. The van der Waals surface area contributed by atoms with Crippen molar-refractivity contribution in [2.24, 2.45) is 0 Å². The van der Waals surface area contributed by atoms with Crippen molar-refractivity contribution < 1.29 is 14.7 Å². The Balaban J connectivity index is 1.87. The van der Waals surface area contributed by atoms with Crippen LogP contribution in [0.1, 0.15) is 26.8 Å². The van der Waals surface area contributed by atoms with E-state index in [1.165, 1.54) is 16.2 Å². The van der Waals surface area contributed by atoms with Gasteiger partial charge in [-0.1, -0.05) is 23.8 Å². The van der Waals surface area contributed by atoms with E-state index in [0.717, 1.165) is 5.56 Å². The number of hydrogen-bond donors (Lipinski definition) is 1. The van der Waals surface area contributed by atoms with E-state index in [4.69, 9.17) is 0 Å². The van der Waals surface area contributed by atoms with E-state index in [1.807, 2.05) is 31.2 Å². The fourth-order valence-electron chi connectivity index (χ4n) is 3.21. The number of carbonyl (C=O) groups excluding carboxylic acids is 2. The molecule has 1 atom stereocenters. The van der Waals surface area contributed by atoms with Crippen molar-refractivity contribution in [1.29, 1.82) is 0 Å². The summed E-state index contributed by atoms with van der Waals surface area (Å²) in [5, 5.41) is 12.4. The lowest BCUT2D eigenvalue weighted by Gasteiger charge is -2.26. The SMILES string of the molecule is Cc1ccc(N2C(=O)C(O)=C(C(=O)c3cccs3)C2c2ccncc2)cc1. The zero-order chi connectivity index (χ0) is 19.0. The van der Waals surface area contributed by atoms with Crippen molar-refractivity contribution in [3.05, 3.63) is 93.6 Å². The normalized spacial score (nSPS) is 16.9. The van der Waals surface area contributed by atoms with Gasteiger partial charge in [-0.05, 0) is 48.2 Å². The first kappa shape index (κ1) is 17.2. The minimum atomic E-state index is -0.710. The molecule has 0 saturated carbocycles. The molecule has 0 aliphatic carbocycles. The molecule has 0 spiro atoms. The maximum atomic E-state index is 13.1. The molecule has 1 N–H and O–H groups in total. The van der Waals surface area contributed by atoms with Crippen molar-refractivity contribution in [3.63, 3.8) is 0 Å². The number of aryl methyl sites for hydroxylation is 1. The number of rotatable bonds is 4. The predicted molar refractivity (Wildman–Crippen MR) is 104 cm³/mol. The summed E-state index contributed by atoms with van der Waals surface area (Å²) < 4.78 is 0. The summed E-state index contributed by atoms with van der Waals surface area (Å²) in [5.74, 6) is -1.43. The number of carbonyl (C=O) groups is 2. The Morgan fingerprint density at radius 3 is 2.44 bits per heavy atom. The van der Waals surface area contributed by atoms with Crippen molar-refractivity contribution >= 4 is 28.7 Å². The average Bonchev–Trinajstić information content (AvgIpc) is 3.31. The topological polar surface area (TPSA) is 70.5 Å². The molecule has 1 aliphatic rings. The summed E-state index contributed by atoms with van der Waals surface area (Å²) >= 11 is 1.28. The molecule has 134 valence electrons. The van der Waals surface area contributed by atoms with Crippen LogP contribution in [0.15, 0.2) is 77.6 Å². The number of ketones is 1. The number of anilines is 1. The van der Waals surface area contributed by atoms with Gasteiger partial charge in [0.25, 0.3) is 5.91 Å². The number of Topliss-reactive ketones (excluding diaryl/α,β-unsaturated/α-hetero) is 1. The maximum Gasteiger partial charge on any atom is 0.294 e. The Morgan fingerprint density at radius 1 is 1.11 bits per heavy atom. The molecule has 0 bridgehead atoms. The summed E-state index contributed by atoms with van der Waals surface area (Å²) in [6.07, 6.45) is 3.21. The van der Waals surface area contributed by atoms with Crippen LogP contribution in [0.5, 0.6) is 0 Å². The fourth-order valence-corrected chi connectivity index (χ4v) is 3.89. The van der Waals surface area contributed by atoms with Crippen LogP contribution in [-0.4, -0.2) is 21.8 Å². The minimum absolute atomic E-state index is 0.0919. The van der Waals surface area contributed by atoms with Crippen LogP contribution in [0.4, 0.5) is 5.69 Å². The second-order valence-electron chi connectivity index (χ2n) is 6.26. The molecule has 1 aromatic carbocycles. The summed E-state index contributed by atoms with van der Waals surface area (Å²) in [4.78, 5) is 32.0. The van der Waals surface area contributed by atoms with Gasteiger partial charge in [0, 0.05) is 18.1 Å². The molecule has 2 aromatic heterocycles. The van der Waals surface area contributed by atoms with Crippen molar-refractivity contribution in [2.45, 2.75) is 13.0 Å². The van der Waals surface area contributed by atoms with Gasteiger partial charge in [-0.15, -0.1) is 11.3 Å². The lowest BCUT2D eigenvalue weighted by molar-refractivity contribution is -0.117. The number of amides is 1. The van der Waals surface area contributed by atoms with Crippen molar-refractivity contribution in [3.8, 4) is 0 Å². The van der Waals surface area contributed by atoms with Crippen LogP contribution >= 0.6 is 11.3 Å². The summed E-state index contributed by atoms with van der Waals surface area (Å²) in [7, 11) is 0. The molecule has 0 radical (unpaired) electrons. The summed E-state index contributed by atoms with van der Waals surface area (Å²) in [6, 6.07) is 13.7. The second kappa shape index (κ2) is 6.81. The molecule has 0 fully saturated rings. The molecule has 1 aliphatic heterocycles. The standard InChI is InChI=1S/C21H16N2O3S/c1-13-4-6-15(7-5-13)23-18(14-8-10-22-11-9-14)17(20(25)21(23)26)19(24)16-3-2-12-27-16/h2-12,18,25H,1H3. The van der Waals surface area contributed by atoms with Gasteiger partial charge in [0.15, 0.2) is 5.76 Å². The highest BCUT2D eigenvalue weighted by Crippen LogP contribution is 2.42. The molecule has 1 amide bonds. The van der Waals surface area contributed by atoms with E-state index in [-0.39, 0.29) is 11.4 Å². The number of hydrogen-bond acceptors (Lipinski definition) is 5. The Hall–Kier alpha value is -3.25. The Labute approximate surface area is 160 Å².